The lowest BCUT2D eigenvalue weighted by Crippen LogP contribution is -2.51. The molecule has 1 aliphatic carbocycles. The van der Waals surface area contributed by atoms with Crippen molar-refractivity contribution in [2.24, 2.45) is 0 Å². The molecule has 2 heterocycles. The summed E-state index contributed by atoms with van der Waals surface area (Å²) in [4.78, 5) is 0. The summed E-state index contributed by atoms with van der Waals surface area (Å²) < 4.78 is 6.30. The molecule has 3 heteroatoms. The Kier molecular flexibility index (Phi) is 3.00. The number of nitrogens with zero attached hydrogens (tertiary/aromatic N) is 3. The van der Waals surface area contributed by atoms with Gasteiger partial charge in [-0.1, -0.05) is 47.0 Å². The Morgan fingerprint density at radius 1 is 0.821 bits per heavy atom. The molecule has 3 aromatic carbocycles. The minimum Gasteiger partial charge on any atom is -0.205 e. The van der Waals surface area contributed by atoms with Gasteiger partial charge in [0.25, 0.3) is 11.4 Å². The summed E-state index contributed by atoms with van der Waals surface area (Å²) in [5.74, 6) is 0. The van der Waals surface area contributed by atoms with Crippen molar-refractivity contribution in [2.45, 2.75) is 20.1 Å². The molecule has 0 aromatic heterocycles. The monoisotopic (exact) mass is 368 g/mol. The maximum atomic E-state index is 2.66. The summed E-state index contributed by atoms with van der Waals surface area (Å²) in [7, 11) is 4.75. The Morgan fingerprint density at radius 3 is 2.11 bits per heavy atom. The molecule has 3 nitrogen and oxygen atoms in total. The fraction of sp³-hybridized carbons (Fsp3) is 0.280. The van der Waals surface area contributed by atoms with Gasteiger partial charge in [0.15, 0.2) is 0 Å². The first kappa shape index (κ1) is 16.2. The maximum absolute atomic E-state index is 2.66. The minimum atomic E-state index is 0.313. The summed E-state index contributed by atoms with van der Waals surface area (Å²) in [5, 5.41) is 2.76. The second-order valence-corrected chi connectivity index (χ2v) is 9.06. The van der Waals surface area contributed by atoms with Crippen molar-refractivity contribution in [3.05, 3.63) is 76.9 Å². The molecule has 0 spiro atoms. The average Bonchev–Trinajstić information content (AvgIpc) is 3.27. The van der Waals surface area contributed by atoms with Gasteiger partial charge in [0, 0.05) is 16.5 Å². The second-order valence-electron chi connectivity index (χ2n) is 9.06. The van der Waals surface area contributed by atoms with Gasteiger partial charge in [-0.05, 0) is 31.4 Å². The van der Waals surface area contributed by atoms with Crippen LogP contribution in [0.5, 0.6) is 0 Å². The van der Waals surface area contributed by atoms with E-state index in [0.29, 0.717) is 6.29 Å². The molecule has 0 saturated carbocycles. The van der Waals surface area contributed by atoms with E-state index < -0.39 is 0 Å². The van der Waals surface area contributed by atoms with Gasteiger partial charge in [-0.3, -0.25) is 0 Å². The van der Waals surface area contributed by atoms with Crippen LogP contribution in [0, 0.1) is 13.8 Å². The summed E-state index contributed by atoms with van der Waals surface area (Å²) in [6, 6.07) is 20.2. The molecule has 3 aromatic rings. The van der Waals surface area contributed by atoms with Crippen LogP contribution in [0.15, 0.2) is 54.6 Å². The molecule has 1 fully saturated rings. The van der Waals surface area contributed by atoms with E-state index in [9.17, 15) is 0 Å². The van der Waals surface area contributed by atoms with Crippen LogP contribution in [0.25, 0.3) is 10.8 Å². The summed E-state index contributed by atoms with van der Waals surface area (Å²) >= 11 is 0. The molecule has 6 rings (SSSR count). The molecule has 2 aliphatic heterocycles. The highest BCUT2D eigenvalue weighted by Crippen LogP contribution is 2.40. The minimum absolute atomic E-state index is 0.313. The second kappa shape index (κ2) is 5.18. The number of rotatable bonds is 1. The van der Waals surface area contributed by atoms with E-state index in [2.05, 4.69) is 91.7 Å². The topological polar surface area (TPSA) is 6.02 Å². The molecule has 0 amide bonds. The number of benzene rings is 3. The third kappa shape index (κ3) is 1.83. The van der Waals surface area contributed by atoms with Crippen molar-refractivity contribution in [3.63, 3.8) is 0 Å². The first-order valence-corrected chi connectivity index (χ1v) is 10.2. The number of fused-ring (bicyclic) bond motifs is 4. The SMILES string of the molecule is Cc1cccc(C)c1[N+]1=C2C(=[N+]3CC[N+](C)(C)C31)c1cccc3cccc2c13. The van der Waals surface area contributed by atoms with Crippen molar-refractivity contribution >= 4 is 27.9 Å². The zero-order chi connectivity index (χ0) is 19.2. The smallest absolute Gasteiger partial charge is 0.205 e. The van der Waals surface area contributed by atoms with Gasteiger partial charge in [0.1, 0.15) is 6.54 Å². The Hall–Kier alpha value is -2.78. The van der Waals surface area contributed by atoms with E-state index in [4.69, 9.17) is 0 Å². The fourth-order valence-corrected chi connectivity index (χ4v) is 5.71. The Labute approximate surface area is 166 Å². The van der Waals surface area contributed by atoms with E-state index in [1.54, 1.807) is 0 Å². The van der Waals surface area contributed by atoms with Gasteiger partial charge >= 0.3 is 6.29 Å². The normalized spacial score (nSPS) is 21.6. The van der Waals surface area contributed by atoms with Gasteiger partial charge in [0.2, 0.25) is 12.2 Å². The molecule has 0 N–H and O–H groups in total. The Bertz CT molecular complexity index is 1230. The molecule has 0 bridgehead atoms. The van der Waals surface area contributed by atoms with Crippen molar-refractivity contribution in [1.82, 2.24) is 0 Å². The van der Waals surface area contributed by atoms with E-state index in [0.717, 1.165) is 17.6 Å². The summed E-state index contributed by atoms with van der Waals surface area (Å²) in [6.07, 6.45) is 0.313. The van der Waals surface area contributed by atoms with Crippen LogP contribution in [-0.4, -0.2) is 58.5 Å². The van der Waals surface area contributed by atoms with E-state index >= 15 is 0 Å². The van der Waals surface area contributed by atoms with Crippen molar-refractivity contribution in [2.75, 3.05) is 27.2 Å². The highest BCUT2D eigenvalue weighted by Gasteiger charge is 2.64. The van der Waals surface area contributed by atoms with Gasteiger partial charge < -0.3 is 0 Å². The van der Waals surface area contributed by atoms with Crippen molar-refractivity contribution in [3.8, 4) is 0 Å². The first-order chi connectivity index (χ1) is 13.5. The summed E-state index contributed by atoms with van der Waals surface area (Å²) in [5.41, 5.74) is 9.71. The lowest BCUT2D eigenvalue weighted by molar-refractivity contribution is -1.04. The highest BCUT2D eigenvalue weighted by atomic mass is 15.6. The highest BCUT2D eigenvalue weighted by molar-refractivity contribution is 6.58. The van der Waals surface area contributed by atoms with Crippen molar-refractivity contribution < 1.29 is 13.6 Å². The molecule has 1 unspecified atom stereocenters. The quantitative estimate of drug-likeness (QED) is 0.455. The fourth-order valence-electron chi connectivity index (χ4n) is 5.71. The first-order valence-electron chi connectivity index (χ1n) is 10.2. The number of aryl methyl sites for hydroxylation is 2. The molecule has 138 valence electrons. The molecule has 3 aliphatic rings. The predicted octanol–water partition coefficient (Wildman–Crippen LogP) is 3.79. The molecule has 1 atom stereocenters. The molecule has 1 saturated heterocycles. The van der Waals surface area contributed by atoms with Crippen LogP contribution >= 0.6 is 0 Å². The number of para-hydroxylation sites is 1. The lowest BCUT2D eigenvalue weighted by atomic mass is 10.0. The van der Waals surface area contributed by atoms with E-state index in [1.165, 1.54) is 50.1 Å². The van der Waals surface area contributed by atoms with Crippen LogP contribution in [-0.2, 0) is 0 Å². The van der Waals surface area contributed by atoms with Gasteiger partial charge in [0.05, 0.1) is 25.2 Å². The zero-order valence-corrected chi connectivity index (χ0v) is 17.0. The molecular weight excluding hydrogens is 342 g/mol. The van der Waals surface area contributed by atoms with Crippen molar-refractivity contribution in [1.29, 1.82) is 0 Å². The third-order valence-electron chi connectivity index (χ3n) is 6.90. The average molecular weight is 369 g/mol. The van der Waals surface area contributed by atoms with E-state index in [-0.39, 0.29) is 0 Å². The molecule has 28 heavy (non-hydrogen) atoms. The Morgan fingerprint density at radius 2 is 1.43 bits per heavy atom. The van der Waals surface area contributed by atoms with E-state index in [1.807, 2.05) is 0 Å². The number of hydrogen-bond donors (Lipinski definition) is 0. The van der Waals surface area contributed by atoms with Gasteiger partial charge in [-0.2, -0.15) is 0 Å². The summed E-state index contributed by atoms with van der Waals surface area (Å²) in [6.45, 7) is 6.77. The van der Waals surface area contributed by atoms with Crippen LogP contribution in [0.1, 0.15) is 22.3 Å². The predicted molar refractivity (Wildman–Crippen MR) is 114 cm³/mol. The Balaban J connectivity index is 1.79. The number of likely N-dealkylation sites (N-methyl/N-ethyl adjacent to an activating group) is 1. The standard InChI is InChI=1S/C25H26N3/c1-16-8-5-9-17(2)22(16)27-24-20-13-7-11-18-10-6-12-19(21(18)20)23(24)26-14-15-28(3,4)25(26)27/h5-13,25H,14-15H2,1-4H3/q+3. The lowest BCUT2D eigenvalue weighted by Gasteiger charge is -2.22. The largest absolute Gasteiger partial charge is 0.479 e. The molecule has 0 radical (unpaired) electrons. The van der Waals surface area contributed by atoms with Crippen LogP contribution in [0.2, 0.25) is 0 Å². The number of hydrogen-bond acceptors (Lipinski definition) is 0. The van der Waals surface area contributed by atoms with Crippen LogP contribution in [0.4, 0.5) is 5.69 Å². The molecular formula is C25H26N3+3. The zero-order valence-electron chi connectivity index (χ0n) is 17.0. The number of quaternary nitrogens is 1. The van der Waals surface area contributed by atoms with Crippen LogP contribution < -0.4 is 0 Å². The maximum Gasteiger partial charge on any atom is 0.479 e. The third-order valence-corrected chi connectivity index (χ3v) is 6.90. The van der Waals surface area contributed by atoms with Gasteiger partial charge in [-0.25, -0.2) is 4.48 Å². The van der Waals surface area contributed by atoms with Crippen LogP contribution in [0.3, 0.4) is 0 Å². The van der Waals surface area contributed by atoms with Gasteiger partial charge in [-0.15, -0.1) is 4.58 Å².